The summed E-state index contributed by atoms with van der Waals surface area (Å²) in [7, 11) is 5.94. The molecule has 3 rings (SSSR count). The molecule has 2 aromatic carbocycles. The molecule has 0 saturated carbocycles. The molecule has 31 heavy (non-hydrogen) atoms. The number of ketones is 1. The summed E-state index contributed by atoms with van der Waals surface area (Å²) in [6.45, 7) is 0.360. The number of hydrogen-bond acceptors (Lipinski definition) is 7. The van der Waals surface area contributed by atoms with E-state index < -0.39 is 17.7 Å². The third-order valence-corrected chi connectivity index (χ3v) is 5.17. The van der Waals surface area contributed by atoms with Crippen molar-refractivity contribution in [1.29, 1.82) is 0 Å². The summed E-state index contributed by atoms with van der Waals surface area (Å²) >= 11 is 0. The number of amides is 1. The van der Waals surface area contributed by atoms with Gasteiger partial charge in [0.05, 0.1) is 45.1 Å². The largest absolute Gasteiger partial charge is 0.507 e. The Hall–Kier alpha value is -3.52. The number of aliphatic hydroxyl groups excluding tert-OH is 1. The Kier molecular flexibility index (Phi) is 6.81. The summed E-state index contributed by atoms with van der Waals surface area (Å²) in [5, 5.41) is 11.2. The molecule has 8 heteroatoms. The summed E-state index contributed by atoms with van der Waals surface area (Å²) in [5.41, 5.74) is 0.757. The standard InChI is InChI=1S/C23H25NO7/c1-28-13-12-24-19(15-9-7-11-17(30-3)22(15)31-4)18(21(26)23(24)27)20(25)14-8-5-6-10-16(14)29-2/h5-11,19,25H,12-13H2,1-4H3/b20-18+. The fourth-order valence-corrected chi connectivity index (χ4v) is 3.74. The van der Waals surface area contributed by atoms with Crippen molar-refractivity contribution in [3.63, 3.8) is 0 Å². The molecule has 1 atom stereocenters. The van der Waals surface area contributed by atoms with Crippen molar-refractivity contribution in [3.05, 3.63) is 59.2 Å². The van der Waals surface area contributed by atoms with Gasteiger partial charge in [0.1, 0.15) is 11.5 Å². The maximum Gasteiger partial charge on any atom is 0.295 e. The van der Waals surface area contributed by atoms with Gasteiger partial charge in [0.15, 0.2) is 11.5 Å². The van der Waals surface area contributed by atoms with Crippen LogP contribution in [0.25, 0.3) is 5.76 Å². The third kappa shape index (κ3) is 3.94. The minimum Gasteiger partial charge on any atom is -0.507 e. The first-order valence-corrected chi connectivity index (χ1v) is 9.61. The zero-order valence-corrected chi connectivity index (χ0v) is 17.9. The Morgan fingerprint density at radius 1 is 0.935 bits per heavy atom. The average Bonchev–Trinajstić information content (AvgIpc) is 3.06. The van der Waals surface area contributed by atoms with Crippen LogP contribution >= 0.6 is 0 Å². The first kappa shape index (κ1) is 22.2. The van der Waals surface area contributed by atoms with Crippen LogP contribution in [0.5, 0.6) is 17.2 Å². The van der Waals surface area contributed by atoms with E-state index in [1.165, 1.54) is 33.3 Å². The van der Waals surface area contributed by atoms with Crippen molar-refractivity contribution in [2.24, 2.45) is 0 Å². The number of hydrogen-bond donors (Lipinski definition) is 1. The van der Waals surface area contributed by atoms with Gasteiger partial charge in [0, 0.05) is 19.2 Å². The zero-order valence-electron chi connectivity index (χ0n) is 17.9. The Bertz CT molecular complexity index is 1010. The number of aliphatic hydroxyl groups is 1. The van der Waals surface area contributed by atoms with E-state index >= 15 is 0 Å². The van der Waals surface area contributed by atoms with E-state index in [9.17, 15) is 14.7 Å². The highest BCUT2D eigenvalue weighted by molar-refractivity contribution is 6.46. The highest BCUT2D eigenvalue weighted by Crippen LogP contribution is 2.46. The molecule has 1 aliphatic rings. The molecule has 1 aliphatic heterocycles. The Labute approximate surface area is 180 Å². The molecule has 1 heterocycles. The molecule has 1 unspecified atom stereocenters. The van der Waals surface area contributed by atoms with Crippen LogP contribution < -0.4 is 14.2 Å². The number of benzene rings is 2. The van der Waals surface area contributed by atoms with E-state index in [-0.39, 0.29) is 24.5 Å². The molecule has 0 aliphatic carbocycles. The van der Waals surface area contributed by atoms with Crippen LogP contribution in [0.3, 0.4) is 0 Å². The lowest BCUT2D eigenvalue weighted by Crippen LogP contribution is -2.32. The van der Waals surface area contributed by atoms with Gasteiger partial charge in [-0.1, -0.05) is 24.3 Å². The Balaban J connectivity index is 2.29. The first-order chi connectivity index (χ1) is 15.0. The van der Waals surface area contributed by atoms with Gasteiger partial charge < -0.3 is 29.0 Å². The molecule has 0 aromatic heterocycles. The summed E-state index contributed by atoms with van der Waals surface area (Å²) in [5.74, 6) is -0.678. The minimum atomic E-state index is -0.898. The SMILES string of the molecule is COCCN1C(=O)C(=O)/C(=C(/O)c2ccccc2OC)C1c1cccc(OC)c1OC. The topological polar surface area (TPSA) is 94.5 Å². The summed E-state index contributed by atoms with van der Waals surface area (Å²) in [6, 6.07) is 11.0. The summed E-state index contributed by atoms with van der Waals surface area (Å²) in [4.78, 5) is 27.4. The van der Waals surface area contributed by atoms with Gasteiger partial charge >= 0.3 is 0 Å². The van der Waals surface area contributed by atoms with Crippen molar-refractivity contribution in [2.75, 3.05) is 41.6 Å². The molecule has 1 saturated heterocycles. The van der Waals surface area contributed by atoms with E-state index in [4.69, 9.17) is 18.9 Å². The first-order valence-electron chi connectivity index (χ1n) is 9.61. The van der Waals surface area contributed by atoms with E-state index in [0.29, 0.717) is 28.4 Å². The van der Waals surface area contributed by atoms with Gasteiger partial charge in [0.2, 0.25) is 0 Å². The van der Waals surface area contributed by atoms with Crippen molar-refractivity contribution in [3.8, 4) is 17.2 Å². The molecule has 164 valence electrons. The Morgan fingerprint density at radius 3 is 2.26 bits per heavy atom. The van der Waals surface area contributed by atoms with Gasteiger partial charge in [0.25, 0.3) is 11.7 Å². The van der Waals surface area contributed by atoms with Crippen molar-refractivity contribution in [2.45, 2.75) is 6.04 Å². The molecule has 0 radical (unpaired) electrons. The number of likely N-dealkylation sites (tertiary alicyclic amines) is 1. The summed E-state index contributed by atoms with van der Waals surface area (Å²) < 4.78 is 21.4. The van der Waals surface area contributed by atoms with Crippen LogP contribution in [0.2, 0.25) is 0 Å². The highest BCUT2D eigenvalue weighted by Gasteiger charge is 2.47. The predicted molar refractivity (Wildman–Crippen MR) is 113 cm³/mol. The lowest BCUT2D eigenvalue weighted by molar-refractivity contribution is -0.140. The van der Waals surface area contributed by atoms with Crippen LogP contribution in [-0.4, -0.2) is 63.3 Å². The second-order valence-corrected chi connectivity index (χ2v) is 6.77. The van der Waals surface area contributed by atoms with Crippen LogP contribution in [0.15, 0.2) is 48.0 Å². The summed E-state index contributed by atoms with van der Waals surface area (Å²) in [6.07, 6.45) is 0. The Morgan fingerprint density at radius 2 is 1.61 bits per heavy atom. The van der Waals surface area contributed by atoms with E-state index in [1.807, 2.05) is 0 Å². The van der Waals surface area contributed by atoms with Crippen LogP contribution in [0.1, 0.15) is 17.2 Å². The second-order valence-electron chi connectivity index (χ2n) is 6.77. The number of methoxy groups -OCH3 is 4. The molecule has 1 N–H and O–H groups in total. The fourth-order valence-electron chi connectivity index (χ4n) is 3.74. The lowest BCUT2D eigenvalue weighted by atomic mass is 9.94. The number of nitrogens with zero attached hydrogens (tertiary/aromatic N) is 1. The number of Topliss-reactive ketones (excluding diaryl/α,β-unsaturated/α-hetero) is 1. The third-order valence-electron chi connectivity index (χ3n) is 5.17. The molecule has 1 fully saturated rings. The number of para-hydroxylation sites is 2. The highest BCUT2D eigenvalue weighted by atomic mass is 16.5. The van der Waals surface area contributed by atoms with Gasteiger partial charge in [-0.3, -0.25) is 9.59 Å². The van der Waals surface area contributed by atoms with Crippen molar-refractivity contribution >= 4 is 17.4 Å². The minimum absolute atomic E-state index is 0.0582. The number of carbonyl (C=O) groups is 2. The maximum absolute atomic E-state index is 13.1. The van der Waals surface area contributed by atoms with E-state index in [0.717, 1.165) is 0 Å². The number of carbonyl (C=O) groups excluding carboxylic acids is 2. The van der Waals surface area contributed by atoms with Gasteiger partial charge in [-0.2, -0.15) is 0 Å². The van der Waals surface area contributed by atoms with Crippen LogP contribution in [0, 0.1) is 0 Å². The maximum atomic E-state index is 13.1. The molecule has 0 spiro atoms. The van der Waals surface area contributed by atoms with Crippen LogP contribution in [-0.2, 0) is 14.3 Å². The average molecular weight is 427 g/mol. The van der Waals surface area contributed by atoms with Crippen molar-refractivity contribution in [1.82, 2.24) is 4.90 Å². The smallest absolute Gasteiger partial charge is 0.295 e. The second kappa shape index (κ2) is 9.53. The van der Waals surface area contributed by atoms with E-state index in [2.05, 4.69) is 0 Å². The van der Waals surface area contributed by atoms with Crippen LogP contribution in [0.4, 0.5) is 0 Å². The van der Waals surface area contributed by atoms with Gasteiger partial charge in [-0.15, -0.1) is 0 Å². The number of ether oxygens (including phenoxy) is 4. The monoisotopic (exact) mass is 427 g/mol. The number of rotatable bonds is 8. The molecule has 8 nitrogen and oxygen atoms in total. The normalized spacial score (nSPS) is 17.7. The molecular weight excluding hydrogens is 402 g/mol. The molecule has 2 aromatic rings. The molecule has 1 amide bonds. The van der Waals surface area contributed by atoms with Crippen molar-refractivity contribution < 1.29 is 33.6 Å². The quantitative estimate of drug-likeness (QED) is 0.393. The predicted octanol–water partition coefficient (Wildman–Crippen LogP) is 2.78. The van der Waals surface area contributed by atoms with Gasteiger partial charge in [-0.05, 0) is 18.2 Å². The van der Waals surface area contributed by atoms with Gasteiger partial charge in [-0.25, -0.2) is 0 Å². The van der Waals surface area contributed by atoms with E-state index in [1.54, 1.807) is 42.5 Å². The fraction of sp³-hybridized carbons (Fsp3) is 0.304. The molecular formula is C23H25NO7. The zero-order chi connectivity index (χ0) is 22.5. The molecule has 0 bridgehead atoms. The lowest BCUT2D eigenvalue weighted by Gasteiger charge is -2.27.